The average molecular weight is 346 g/mol. The summed E-state index contributed by atoms with van der Waals surface area (Å²) in [6.07, 6.45) is 0. The maximum absolute atomic E-state index is 13.2. The Bertz CT molecular complexity index is 803. The van der Waals surface area contributed by atoms with Crippen LogP contribution in [0.5, 0.6) is 5.75 Å². The van der Waals surface area contributed by atoms with E-state index in [0.717, 1.165) is 26.9 Å². The lowest BCUT2D eigenvalue weighted by atomic mass is 10.1. The van der Waals surface area contributed by atoms with Crippen LogP contribution in [-0.4, -0.2) is 12.1 Å². The number of halogens is 1. The van der Waals surface area contributed by atoms with E-state index in [1.54, 1.807) is 24.9 Å². The van der Waals surface area contributed by atoms with Crippen LogP contribution in [0.25, 0.3) is 11.3 Å². The first kappa shape index (κ1) is 15.8. The molecule has 3 aromatic rings. The van der Waals surface area contributed by atoms with Crippen LogP contribution >= 0.6 is 23.1 Å². The number of anilines is 1. The third-order valence-electron chi connectivity index (χ3n) is 3.25. The molecule has 118 valence electrons. The summed E-state index contributed by atoms with van der Waals surface area (Å²) in [5.74, 6) is 1.23. The Hall–Kier alpha value is -2.05. The molecule has 0 saturated heterocycles. The van der Waals surface area contributed by atoms with Gasteiger partial charge in [-0.1, -0.05) is 35.2 Å². The molecule has 0 spiro atoms. The highest BCUT2D eigenvalue weighted by molar-refractivity contribution is 8.00. The second-order valence-corrected chi connectivity index (χ2v) is 7.09. The van der Waals surface area contributed by atoms with Crippen molar-refractivity contribution < 1.29 is 9.13 Å². The van der Waals surface area contributed by atoms with Gasteiger partial charge in [0.05, 0.1) is 7.11 Å². The van der Waals surface area contributed by atoms with Crippen molar-refractivity contribution in [2.45, 2.75) is 10.1 Å². The van der Waals surface area contributed by atoms with Crippen molar-refractivity contribution in [2.24, 2.45) is 0 Å². The fourth-order valence-corrected chi connectivity index (χ4v) is 3.99. The zero-order valence-electron chi connectivity index (χ0n) is 12.5. The molecule has 0 aliphatic carbocycles. The fraction of sp³-hybridized carbons (Fsp3) is 0.118. The highest BCUT2D eigenvalue weighted by atomic mass is 32.2. The summed E-state index contributed by atoms with van der Waals surface area (Å²) in [5.41, 5.74) is 8.75. The first-order chi connectivity index (χ1) is 11.2. The Morgan fingerprint density at radius 1 is 1.22 bits per heavy atom. The van der Waals surface area contributed by atoms with Crippen molar-refractivity contribution >= 4 is 28.1 Å². The van der Waals surface area contributed by atoms with E-state index in [-0.39, 0.29) is 5.82 Å². The Morgan fingerprint density at radius 2 is 2.00 bits per heavy atom. The van der Waals surface area contributed by atoms with Gasteiger partial charge in [-0.15, -0.1) is 0 Å². The van der Waals surface area contributed by atoms with Gasteiger partial charge in [0.15, 0.2) is 4.34 Å². The molecule has 3 nitrogen and oxygen atoms in total. The number of nitrogens with zero attached hydrogens (tertiary/aromatic N) is 1. The third-order valence-corrected chi connectivity index (χ3v) is 5.35. The Morgan fingerprint density at radius 3 is 2.70 bits per heavy atom. The molecular formula is C17H15FN2OS2. The molecule has 0 fully saturated rings. The molecule has 0 aliphatic heterocycles. The lowest BCUT2D eigenvalue weighted by Crippen LogP contribution is -1.87. The average Bonchev–Trinajstić information content (AvgIpc) is 2.94. The first-order valence-corrected chi connectivity index (χ1v) is 8.74. The van der Waals surface area contributed by atoms with Crippen molar-refractivity contribution in [1.29, 1.82) is 0 Å². The summed E-state index contributed by atoms with van der Waals surface area (Å²) in [6.45, 7) is 0. The van der Waals surface area contributed by atoms with Crippen molar-refractivity contribution in [3.05, 3.63) is 59.9 Å². The predicted molar refractivity (Wildman–Crippen MR) is 94.5 cm³/mol. The molecule has 0 saturated carbocycles. The largest absolute Gasteiger partial charge is 0.497 e. The van der Waals surface area contributed by atoms with Crippen LogP contribution in [0, 0.1) is 5.82 Å². The van der Waals surface area contributed by atoms with Gasteiger partial charge in [0.2, 0.25) is 0 Å². The molecule has 3 rings (SSSR count). The molecule has 0 bridgehead atoms. The van der Waals surface area contributed by atoms with Gasteiger partial charge in [-0.3, -0.25) is 0 Å². The molecule has 0 radical (unpaired) electrons. The number of nitrogens with two attached hydrogens (primary N) is 1. The monoisotopic (exact) mass is 346 g/mol. The van der Waals surface area contributed by atoms with Crippen LogP contribution in [0.15, 0.2) is 52.9 Å². The molecule has 0 aliphatic rings. The zero-order chi connectivity index (χ0) is 16.2. The number of hydrogen-bond acceptors (Lipinski definition) is 5. The molecule has 0 amide bonds. The van der Waals surface area contributed by atoms with E-state index in [9.17, 15) is 4.39 Å². The standard InChI is InChI=1S/C17H15FN2OS2/c1-21-14-7-5-12(6-8-14)15-16(19)23-17(20-15)22-10-11-3-2-4-13(18)9-11/h2-9H,10,19H2,1H3. The van der Waals surface area contributed by atoms with Crippen molar-refractivity contribution in [1.82, 2.24) is 4.98 Å². The summed E-state index contributed by atoms with van der Waals surface area (Å²) in [4.78, 5) is 4.59. The molecule has 2 aromatic carbocycles. The van der Waals surface area contributed by atoms with Crippen molar-refractivity contribution in [3.63, 3.8) is 0 Å². The summed E-state index contributed by atoms with van der Waals surface area (Å²) in [5, 5.41) is 0.678. The third kappa shape index (κ3) is 3.83. The topological polar surface area (TPSA) is 48.1 Å². The minimum atomic E-state index is -0.222. The van der Waals surface area contributed by atoms with E-state index in [2.05, 4.69) is 4.98 Å². The fourth-order valence-electron chi connectivity index (χ4n) is 2.10. The lowest BCUT2D eigenvalue weighted by Gasteiger charge is -2.01. The normalized spacial score (nSPS) is 10.7. The van der Waals surface area contributed by atoms with Gasteiger partial charge in [0.1, 0.15) is 22.3 Å². The summed E-state index contributed by atoms with van der Waals surface area (Å²) in [6, 6.07) is 14.2. The van der Waals surface area contributed by atoms with E-state index in [4.69, 9.17) is 10.5 Å². The molecule has 23 heavy (non-hydrogen) atoms. The van der Waals surface area contributed by atoms with Gasteiger partial charge in [0, 0.05) is 11.3 Å². The van der Waals surface area contributed by atoms with Crippen LogP contribution in [0.4, 0.5) is 9.39 Å². The van der Waals surface area contributed by atoms with E-state index in [1.807, 2.05) is 30.3 Å². The minimum absolute atomic E-state index is 0.222. The highest BCUT2D eigenvalue weighted by Gasteiger charge is 2.11. The van der Waals surface area contributed by atoms with Gasteiger partial charge in [0.25, 0.3) is 0 Å². The van der Waals surface area contributed by atoms with Gasteiger partial charge in [-0.25, -0.2) is 9.37 Å². The number of ether oxygens (including phenoxy) is 1. The molecule has 0 atom stereocenters. The van der Waals surface area contributed by atoms with Gasteiger partial charge in [-0.2, -0.15) is 0 Å². The number of methoxy groups -OCH3 is 1. The lowest BCUT2D eigenvalue weighted by molar-refractivity contribution is 0.415. The summed E-state index contributed by atoms with van der Waals surface area (Å²) in [7, 11) is 1.63. The molecule has 1 aromatic heterocycles. The molecule has 6 heteroatoms. The highest BCUT2D eigenvalue weighted by Crippen LogP contribution is 2.37. The maximum atomic E-state index is 13.2. The number of thiazole rings is 1. The zero-order valence-corrected chi connectivity index (χ0v) is 14.1. The van der Waals surface area contributed by atoms with Crippen molar-refractivity contribution in [3.8, 4) is 17.0 Å². The Balaban J connectivity index is 1.75. The van der Waals surface area contributed by atoms with Crippen LogP contribution in [0.2, 0.25) is 0 Å². The van der Waals surface area contributed by atoms with Crippen molar-refractivity contribution in [2.75, 3.05) is 12.8 Å². The number of thioether (sulfide) groups is 1. The molecule has 0 unspecified atom stereocenters. The quantitative estimate of drug-likeness (QED) is 0.672. The summed E-state index contributed by atoms with van der Waals surface area (Å²) >= 11 is 3.00. The first-order valence-electron chi connectivity index (χ1n) is 6.93. The molecular weight excluding hydrogens is 331 g/mol. The van der Waals surface area contributed by atoms with Gasteiger partial charge in [-0.05, 0) is 42.0 Å². The Labute approximate surface area is 142 Å². The maximum Gasteiger partial charge on any atom is 0.152 e. The van der Waals surface area contributed by atoms with Gasteiger partial charge < -0.3 is 10.5 Å². The van der Waals surface area contributed by atoms with E-state index in [0.29, 0.717) is 10.8 Å². The van der Waals surface area contributed by atoms with Crippen LogP contribution in [0.3, 0.4) is 0 Å². The molecule has 2 N–H and O–H groups in total. The number of aromatic nitrogens is 1. The van der Waals surface area contributed by atoms with E-state index in [1.165, 1.54) is 23.5 Å². The van der Waals surface area contributed by atoms with Crippen LogP contribution in [0.1, 0.15) is 5.56 Å². The van der Waals surface area contributed by atoms with Crippen LogP contribution in [-0.2, 0) is 5.75 Å². The van der Waals surface area contributed by atoms with E-state index >= 15 is 0 Å². The second-order valence-electron chi connectivity index (χ2n) is 4.84. The van der Waals surface area contributed by atoms with E-state index < -0.39 is 0 Å². The number of hydrogen-bond donors (Lipinski definition) is 1. The smallest absolute Gasteiger partial charge is 0.152 e. The SMILES string of the molecule is COc1ccc(-c2nc(SCc3cccc(F)c3)sc2N)cc1. The van der Waals surface area contributed by atoms with Crippen LogP contribution < -0.4 is 10.5 Å². The number of rotatable bonds is 5. The molecule has 1 heterocycles. The number of benzene rings is 2. The van der Waals surface area contributed by atoms with Gasteiger partial charge >= 0.3 is 0 Å². The number of nitrogen functional groups attached to an aromatic ring is 1. The second kappa shape index (κ2) is 7.02. The minimum Gasteiger partial charge on any atom is -0.497 e. The summed E-state index contributed by atoms with van der Waals surface area (Å²) < 4.78 is 19.2. The predicted octanol–water partition coefficient (Wildman–Crippen LogP) is 4.83. The Kier molecular flexibility index (Phi) is 4.83.